The number of carboxylic acid groups (broad SMARTS) is 1. The molecule has 84 valence electrons. The van der Waals surface area contributed by atoms with E-state index in [-0.39, 0.29) is 24.4 Å². The van der Waals surface area contributed by atoms with Gasteiger partial charge in [0.2, 0.25) is 0 Å². The van der Waals surface area contributed by atoms with Crippen LogP contribution in [-0.4, -0.2) is 22.2 Å². The van der Waals surface area contributed by atoms with Gasteiger partial charge in [0.15, 0.2) is 11.6 Å². The Labute approximate surface area is 91.9 Å². The SMILES string of the molecule is Cl.N[C@H](Cc1cccc(F)c1O)C(=O)O. The Hall–Kier alpha value is -1.33. The second-order valence-electron chi connectivity index (χ2n) is 2.90. The number of aromatic hydroxyl groups is 1. The molecule has 6 heteroatoms. The summed E-state index contributed by atoms with van der Waals surface area (Å²) < 4.78 is 12.8. The number of para-hydroxylation sites is 1. The van der Waals surface area contributed by atoms with E-state index in [4.69, 9.17) is 10.8 Å². The fourth-order valence-electron chi connectivity index (χ4n) is 1.05. The van der Waals surface area contributed by atoms with Gasteiger partial charge < -0.3 is 15.9 Å². The Morgan fingerprint density at radius 2 is 2.13 bits per heavy atom. The molecule has 0 spiro atoms. The number of aliphatic carboxylic acids is 1. The van der Waals surface area contributed by atoms with E-state index in [9.17, 15) is 14.3 Å². The van der Waals surface area contributed by atoms with E-state index in [0.717, 1.165) is 6.07 Å². The zero-order valence-electron chi connectivity index (χ0n) is 7.68. The molecule has 0 fully saturated rings. The zero-order chi connectivity index (χ0) is 10.7. The number of carboxylic acids is 1. The van der Waals surface area contributed by atoms with E-state index in [1.807, 2.05) is 0 Å². The number of hydrogen-bond acceptors (Lipinski definition) is 3. The minimum absolute atomic E-state index is 0. The Morgan fingerprint density at radius 1 is 1.53 bits per heavy atom. The molecule has 0 radical (unpaired) electrons. The minimum atomic E-state index is -1.19. The van der Waals surface area contributed by atoms with Crippen molar-refractivity contribution in [1.29, 1.82) is 0 Å². The molecular formula is C9H11ClFNO3. The summed E-state index contributed by atoms with van der Waals surface area (Å²) >= 11 is 0. The van der Waals surface area contributed by atoms with Crippen molar-refractivity contribution < 1.29 is 19.4 Å². The van der Waals surface area contributed by atoms with Crippen molar-refractivity contribution in [3.63, 3.8) is 0 Å². The molecule has 4 N–H and O–H groups in total. The van der Waals surface area contributed by atoms with Gasteiger partial charge in [-0.2, -0.15) is 0 Å². The van der Waals surface area contributed by atoms with Gasteiger partial charge >= 0.3 is 5.97 Å². The van der Waals surface area contributed by atoms with Gasteiger partial charge in [-0.1, -0.05) is 12.1 Å². The smallest absolute Gasteiger partial charge is 0.320 e. The van der Waals surface area contributed by atoms with Gasteiger partial charge in [-0.25, -0.2) is 4.39 Å². The van der Waals surface area contributed by atoms with Gasteiger partial charge in [-0.3, -0.25) is 4.79 Å². The Morgan fingerprint density at radius 3 is 2.67 bits per heavy atom. The number of benzene rings is 1. The Bertz CT molecular complexity index is 359. The van der Waals surface area contributed by atoms with Gasteiger partial charge in [0.1, 0.15) is 6.04 Å². The largest absolute Gasteiger partial charge is 0.505 e. The van der Waals surface area contributed by atoms with Crippen LogP contribution in [-0.2, 0) is 11.2 Å². The quantitative estimate of drug-likeness (QED) is 0.727. The third-order valence-corrected chi connectivity index (χ3v) is 1.83. The maximum atomic E-state index is 12.8. The zero-order valence-corrected chi connectivity index (χ0v) is 8.50. The van der Waals surface area contributed by atoms with Crippen molar-refractivity contribution >= 4 is 18.4 Å². The van der Waals surface area contributed by atoms with Crippen molar-refractivity contribution in [2.45, 2.75) is 12.5 Å². The third kappa shape index (κ3) is 3.38. The van der Waals surface area contributed by atoms with Crippen molar-refractivity contribution in [1.82, 2.24) is 0 Å². The van der Waals surface area contributed by atoms with E-state index >= 15 is 0 Å². The molecule has 1 aromatic carbocycles. The fourth-order valence-corrected chi connectivity index (χ4v) is 1.05. The number of carbonyl (C=O) groups is 1. The van der Waals surface area contributed by atoms with Crippen LogP contribution < -0.4 is 5.73 Å². The van der Waals surface area contributed by atoms with Crippen LogP contribution >= 0.6 is 12.4 Å². The van der Waals surface area contributed by atoms with Gasteiger partial charge in [-0.15, -0.1) is 12.4 Å². The first kappa shape index (κ1) is 13.7. The molecule has 0 saturated carbocycles. The highest BCUT2D eigenvalue weighted by atomic mass is 35.5. The van der Waals surface area contributed by atoms with Crippen LogP contribution in [0, 0.1) is 5.82 Å². The van der Waals surface area contributed by atoms with Gasteiger partial charge in [0, 0.05) is 6.42 Å². The summed E-state index contributed by atoms with van der Waals surface area (Å²) in [6.45, 7) is 0. The number of nitrogens with two attached hydrogens (primary N) is 1. The average Bonchev–Trinajstić information content (AvgIpc) is 2.12. The number of hydrogen-bond donors (Lipinski definition) is 3. The average molecular weight is 236 g/mol. The van der Waals surface area contributed by atoms with E-state index < -0.39 is 23.6 Å². The maximum Gasteiger partial charge on any atom is 0.320 e. The fraction of sp³-hybridized carbons (Fsp3) is 0.222. The lowest BCUT2D eigenvalue weighted by atomic mass is 10.1. The van der Waals surface area contributed by atoms with Crippen LogP contribution in [0.5, 0.6) is 5.75 Å². The minimum Gasteiger partial charge on any atom is -0.505 e. The molecule has 0 bridgehead atoms. The topological polar surface area (TPSA) is 83.5 Å². The molecule has 0 saturated heterocycles. The number of rotatable bonds is 3. The summed E-state index contributed by atoms with van der Waals surface area (Å²) in [6, 6.07) is 2.77. The number of phenols is 1. The number of halogens is 2. The van der Waals surface area contributed by atoms with Gasteiger partial charge in [0.25, 0.3) is 0 Å². The second-order valence-corrected chi connectivity index (χ2v) is 2.90. The molecule has 1 rings (SSSR count). The first-order valence-electron chi connectivity index (χ1n) is 3.97. The van der Waals surface area contributed by atoms with Crippen LogP contribution in [0.3, 0.4) is 0 Å². The van der Waals surface area contributed by atoms with Crippen molar-refractivity contribution in [3.05, 3.63) is 29.6 Å². The highest BCUT2D eigenvalue weighted by Gasteiger charge is 2.15. The van der Waals surface area contributed by atoms with Gasteiger partial charge in [0.05, 0.1) is 0 Å². The first-order valence-corrected chi connectivity index (χ1v) is 3.97. The normalized spacial score (nSPS) is 11.6. The molecule has 0 aliphatic rings. The lowest BCUT2D eigenvalue weighted by molar-refractivity contribution is -0.138. The molecule has 4 nitrogen and oxygen atoms in total. The summed E-state index contributed by atoms with van der Waals surface area (Å²) in [5, 5.41) is 17.7. The molecule has 1 aromatic rings. The Kier molecular flexibility index (Phi) is 5.04. The van der Waals surface area contributed by atoms with Crippen LogP contribution in [0.25, 0.3) is 0 Å². The number of phenolic OH excluding ortho intramolecular Hbond substituents is 1. The third-order valence-electron chi connectivity index (χ3n) is 1.83. The molecule has 0 amide bonds. The van der Waals surface area contributed by atoms with Crippen molar-refractivity contribution in [3.8, 4) is 5.75 Å². The highest BCUT2D eigenvalue weighted by Crippen LogP contribution is 2.21. The summed E-state index contributed by atoms with van der Waals surface area (Å²) in [5.41, 5.74) is 5.43. The summed E-state index contributed by atoms with van der Waals surface area (Å²) in [4.78, 5) is 10.4. The Balaban J connectivity index is 0.00000196. The molecule has 0 aromatic heterocycles. The molecule has 0 unspecified atom stereocenters. The van der Waals surface area contributed by atoms with E-state index in [1.54, 1.807) is 0 Å². The standard InChI is InChI=1S/C9H10FNO3.ClH/c10-6-3-1-2-5(8(6)12)4-7(11)9(13)14;/h1-3,7,12H,4,11H2,(H,13,14);1H/t7-;/m1./s1. The van der Waals surface area contributed by atoms with Crippen LogP contribution in [0.1, 0.15) is 5.56 Å². The van der Waals surface area contributed by atoms with Gasteiger partial charge in [-0.05, 0) is 11.6 Å². The molecule has 15 heavy (non-hydrogen) atoms. The lowest BCUT2D eigenvalue weighted by Gasteiger charge is -2.08. The summed E-state index contributed by atoms with van der Waals surface area (Å²) in [7, 11) is 0. The predicted octanol–water partition coefficient (Wildman–Crippen LogP) is 0.907. The van der Waals surface area contributed by atoms with E-state index in [2.05, 4.69) is 0 Å². The predicted molar refractivity (Wildman–Crippen MR) is 54.6 cm³/mol. The maximum absolute atomic E-state index is 12.8. The van der Waals surface area contributed by atoms with Crippen LogP contribution in [0.2, 0.25) is 0 Å². The summed E-state index contributed by atoms with van der Waals surface area (Å²) in [5.74, 6) is -2.50. The first-order chi connectivity index (χ1) is 6.52. The molecular weight excluding hydrogens is 225 g/mol. The lowest BCUT2D eigenvalue weighted by Crippen LogP contribution is -2.32. The van der Waals surface area contributed by atoms with Crippen molar-refractivity contribution in [2.75, 3.05) is 0 Å². The molecule has 0 heterocycles. The molecule has 0 aliphatic carbocycles. The highest BCUT2D eigenvalue weighted by molar-refractivity contribution is 5.85. The monoisotopic (exact) mass is 235 g/mol. The van der Waals surface area contributed by atoms with Crippen LogP contribution in [0.15, 0.2) is 18.2 Å². The van der Waals surface area contributed by atoms with E-state index in [1.165, 1.54) is 12.1 Å². The van der Waals surface area contributed by atoms with E-state index in [0.29, 0.717) is 0 Å². The molecule has 0 aliphatic heterocycles. The van der Waals surface area contributed by atoms with Crippen LogP contribution in [0.4, 0.5) is 4.39 Å². The summed E-state index contributed by atoms with van der Waals surface area (Å²) in [6.07, 6.45) is -0.0983. The van der Waals surface area contributed by atoms with Crippen molar-refractivity contribution in [2.24, 2.45) is 5.73 Å². The molecule has 1 atom stereocenters. The second kappa shape index (κ2) is 5.53.